The topological polar surface area (TPSA) is 93.4 Å². The van der Waals surface area contributed by atoms with Crippen LogP contribution in [0.5, 0.6) is 0 Å². The maximum atomic E-state index is 13.2. The summed E-state index contributed by atoms with van der Waals surface area (Å²) in [5.74, 6) is 1.24. The minimum atomic E-state index is -3.87. The number of anilines is 3. The molecule has 6 aromatic carbocycles. The number of fused-ring (bicyclic) bond motifs is 1. The van der Waals surface area contributed by atoms with Gasteiger partial charge in [-0.25, -0.2) is 8.42 Å². The first-order valence-corrected chi connectivity index (χ1v) is 19.9. The molecule has 0 fully saturated rings. The minimum absolute atomic E-state index is 0.0644. The van der Waals surface area contributed by atoms with Crippen molar-refractivity contribution in [3.8, 4) is 22.9 Å². The molecule has 0 aliphatic carbocycles. The number of ketones is 1. The van der Waals surface area contributed by atoms with Crippen LogP contribution in [-0.4, -0.2) is 24.4 Å². The molecular weight excluding hydrogens is 703 g/mol. The number of nitrogens with zero attached hydrogens (tertiary/aromatic N) is 3. The van der Waals surface area contributed by atoms with E-state index < -0.39 is 15.6 Å². The summed E-state index contributed by atoms with van der Waals surface area (Å²) in [4.78, 5) is 15.1. The van der Waals surface area contributed by atoms with Gasteiger partial charge < -0.3 is 9.32 Å². The number of rotatable bonds is 11. The Morgan fingerprint density at radius 1 is 0.636 bits per heavy atom. The monoisotopic (exact) mass is 741 g/mol. The third kappa shape index (κ3) is 7.16. The summed E-state index contributed by atoms with van der Waals surface area (Å²) in [6, 6.07) is 51.1. The van der Waals surface area contributed by atoms with Crippen molar-refractivity contribution in [1.29, 1.82) is 0 Å². The number of hydrogen-bond donors (Lipinski definition) is 0. The molecule has 272 valence electrons. The van der Waals surface area contributed by atoms with Crippen LogP contribution in [0.15, 0.2) is 172 Å². The van der Waals surface area contributed by atoms with Crippen LogP contribution < -0.4 is 4.90 Å². The maximum Gasteiger partial charge on any atom is 0.248 e. The second kappa shape index (κ2) is 15.2. The number of carbonyl (C=O) groups is 1. The number of aromatic nitrogens is 2. The fraction of sp³-hybridized carbons (Fsp3) is 0.128. The average molecular weight is 742 g/mol. The highest BCUT2D eigenvalue weighted by Gasteiger charge is 2.38. The lowest BCUT2D eigenvalue weighted by Crippen LogP contribution is -2.10. The molecule has 7 aromatic rings. The lowest BCUT2D eigenvalue weighted by atomic mass is 9.84. The summed E-state index contributed by atoms with van der Waals surface area (Å²) in [7, 11) is -3.87. The molecule has 1 aromatic heterocycles. The zero-order valence-corrected chi connectivity index (χ0v) is 31.4. The van der Waals surface area contributed by atoms with Crippen LogP contribution in [0.25, 0.3) is 29.0 Å². The molecule has 1 aliphatic rings. The molecule has 0 saturated carbocycles. The Morgan fingerprint density at radius 3 is 1.78 bits per heavy atom. The fourth-order valence-corrected chi connectivity index (χ4v) is 8.88. The largest absolute Gasteiger partial charge is 0.416 e. The number of benzene rings is 6. The number of para-hydroxylation sites is 1. The predicted molar refractivity (Wildman–Crippen MR) is 218 cm³/mol. The van der Waals surface area contributed by atoms with Crippen LogP contribution in [-0.2, 0) is 9.84 Å². The average Bonchev–Trinajstić information content (AvgIpc) is 3.80. The van der Waals surface area contributed by atoms with E-state index in [0.29, 0.717) is 29.2 Å². The summed E-state index contributed by atoms with van der Waals surface area (Å²) in [6.07, 6.45) is 3.48. The van der Waals surface area contributed by atoms with Gasteiger partial charge in [0, 0.05) is 33.8 Å². The zero-order valence-electron chi connectivity index (χ0n) is 30.5. The van der Waals surface area contributed by atoms with Crippen LogP contribution in [0, 0.1) is 0 Å². The van der Waals surface area contributed by atoms with E-state index in [2.05, 4.69) is 89.6 Å². The van der Waals surface area contributed by atoms with Crippen molar-refractivity contribution in [1.82, 2.24) is 10.2 Å². The molecule has 0 amide bonds. The van der Waals surface area contributed by atoms with Crippen molar-refractivity contribution in [3.63, 3.8) is 0 Å². The first kappa shape index (κ1) is 35.6. The van der Waals surface area contributed by atoms with Gasteiger partial charge in [0.15, 0.2) is 0 Å². The number of allylic oxidation sites excluding steroid dienone is 1. The molecule has 0 N–H and O–H groups in total. The van der Waals surface area contributed by atoms with Crippen molar-refractivity contribution in [2.45, 2.75) is 43.4 Å². The highest BCUT2D eigenvalue weighted by atomic mass is 32.2. The molecule has 0 radical (unpaired) electrons. The molecule has 2 atom stereocenters. The molecule has 2 heterocycles. The van der Waals surface area contributed by atoms with Gasteiger partial charge in [0.2, 0.25) is 27.4 Å². The van der Waals surface area contributed by atoms with Crippen LogP contribution in [0.1, 0.15) is 65.6 Å². The number of hydrogen-bond acceptors (Lipinski definition) is 7. The standard InChI is InChI=1S/C47H39N3O4S/c1-3-34(36-20-22-38(23-21-36)47-49-48-46(54-47)37-12-6-4-7-13-37)30-32(2)35-24-28-41(29-25-35)50(39-14-8-5-9-15-39)40-26-18-33(19-27-40)31-44-45(51)42-16-10-11-17-43(42)55(44,52)53/h4-29,31-32,34H,3,30H2,1-2H3/b44-31+. The van der Waals surface area contributed by atoms with Gasteiger partial charge in [-0.1, -0.05) is 98.8 Å². The number of carbonyl (C=O) groups excluding carboxylic acids is 1. The number of Topliss-reactive ketones (excluding diaryl/α,β-unsaturated/α-hetero) is 1. The Balaban J connectivity index is 0.986. The second-order valence-electron chi connectivity index (χ2n) is 13.8. The van der Waals surface area contributed by atoms with Crippen molar-refractivity contribution in [2.24, 2.45) is 0 Å². The lowest BCUT2D eigenvalue weighted by molar-refractivity contribution is 0.104. The fourth-order valence-electron chi connectivity index (χ4n) is 7.29. The summed E-state index contributed by atoms with van der Waals surface area (Å²) in [6.45, 7) is 4.52. The van der Waals surface area contributed by atoms with Gasteiger partial charge in [-0.3, -0.25) is 4.79 Å². The van der Waals surface area contributed by atoms with Gasteiger partial charge in [0.25, 0.3) is 0 Å². The van der Waals surface area contributed by atoms with Crippen LogP contribution in [0.2, 0.25) is 0 Å². The zero-order chi connectivity index (χ0) is 37.9. The van der Waals surface area contributed by atoms with Crippen LogP contribution in [0.4, 0.5) is 17.1 Å². The highest BCUT2D eigenvalue weighted by Crippen LogP contribution is 2.39. The molecule has 0 bridgehead atoms. The first-order valence-electron chi connectivity index (χ1n) is 18.4. The van der Waals surface area contributed by atoms with Gasteiger partial charge in [-0.05, 0) is 120 Å². The lowest BCUT2D eigenvalue weighted by Gasteiger charge is -2.26. The van der Waals surface area contributed by atoms with E-state index >= 15 is 0 Å². The van der Waals surface area contributed by atoms with Gasteiger partial charge >= 0.3 is 0 Å². The van der Waals surface area contributed by atoms with E-state index in [1.165, 1.54) is 23.3 Å². The molecule has 1 aliphatic heterocycles. The van der Waals surface area contributed by atoms with Crippen molar-refractivity contribution >= 4 is 38.8 Å². The van der Waals surface area contributed by atoms with Gasteiger partial charge in [-0.2, -0.15) is 0 Å². The molecule has 7 nitrogen and oxygen atoms in total. The molecule has 8 rings (SSSR count). The van der Waals surface area contributed by atoms with E-state index in [9.17, 15) is 13.2 Å². The summed E-state index contributed by atoms with van der Waals surface area (Å²) >= 11 is 0. The van der Waals surface area contributed by atoms with E-state index in [1.54, 1.807) is 18.2 Å². The Morgan fingerprint density at radius 2 is 1.16 bits per heavy atom. The van der Waals surface area contributed by atoms with Gasteiger partial charge in [0.05, 0.1) is 4.90 Å². The predicted octanol–water partition coefficient (Wildman–Crippen LogP) is 11.6. The molecule has 2 unspecified atom stereocenters. The van der Waals surface area contributed by atoms with E-state index in [1.807, 2.05) is 72.8 Å². The molecule has 8 heteroatoms. The molecule has 0 saturated heterocycles. The molecular formula is C47H39N3O4S. The smallest absolute Gasteiger partial charge is 0.248 e. The Hall–Kier alpha value is -6.38. The van der Waals surface area contributed by atoms with Gasteiger partial charge in [-0.15, -0.1) is 10.2 Å². The molecule has 0 spiro atoms. The Labute approximate surface area is 321 Å². The third-order valence-corrected chi connectivity index (χ3v) is 12.1. The van der Waals surface area contributed by atoms with Gasteiger partial charge in [0.1, 0.15) is 4.91 Å². The summed E-state index contributed by atoms with van der Waals surface area (Å²) in [5, 5.41) is 8.53. The second-order valence-corrected chi connectivity index (χ2v) is 15.7. The highest BCUT2D eigenvalue weighted by molar-refractivity contribution is 7.97. The Bertz CT molecular complexity index is 2580. The van der Waals surface area contributed by atoms with Crippen molar-refractivity contribution in [2.75, 3.05) is 4.90 Å². The summed E-state index contributed by atoms with van der Waals surface area (Å²) < 4.78 is 32.3. The normalized spacial score (nSPS) is 15.1. The minimum Gasteiger partial charge on any atom is -0.416 e. The summed E-state index contributed by atoms with van der Waals surface area (Å²) in [5.41, 5.74) is 8.08. The first-order chi connectivity index (χ1) is 26.8. The number of sulfone groups is 1. The Kier molecular flexibility index (Phi) is 9.83. The third-order valence-electron chi connectivity index (χ3n) is 10.3. The van der Waals surface area contributed by atoms with Crippen LogP contribution >= 0.6 is 0 Å². The van der Waals surface area contributed by atoms with E-state index in [-0.39, 0.29) is 15.4 Å². The van der Waals surface area contributed by atoms with Crippen molar-refractivity contribution < 1.29 is 17.6 Å². The van der Waals surface area contributed by atoms with E-state index in [0.717, 1.165) is 41.0 Å². The van der Waals surface area contributed by atoms with E-state index in [4.69, 9.17) is 4.42 Å². The van der Waals surface area contributed by atoms with Crippen molar-refractivity contribution in [3.05, 3.63) is 185 Å². The SMILES string of the molecule is CCC(CC(C)c1ccc(N(c2ccccc2)c2ccc(/C=C3\C(=O)c4ccccc4S3(=O)=O)cc2)cc1)c1ccc(-c2nnc(-c3ccccc3)o2)cc1. The maximum absolute atomic E-state index is 13.2. The molecule has 55 heavy (non-hydrogen) atoms. The van der Waals surface area contributed by atoms with Crippen LogP contribution in [0.3, 0.4) is 0 Å². The quantitative estimate of drug-likeness (QED) is 0.122.